The van der Waals surface area contributed by atoms with Gasteiger partial charge in [-0.05, 0) is 49.9 Å². The lowest BCUT2D eigenvalue weighted by Gasteiger charge is -2.04. The fourth-order valence-electron chi connectivity index (χ4n) is 3.01. The molecular formula is C22H26N8O3S. The highest BCUT2D eigenvalue weighted by Crippen LogP contribution is 2.18. The zero-order chi connectivity index (χ0) is 24.2. The Kier molecular flexibility index (Phi) is 9.52. The Balaban J connectivity index is 1.33. The largest absolute Gasteiger partial charge is 0.370 e. The molecule has 11 nitrogen and oxygen atoms in total. The van der Waals surface area contributed by atoms with Gasteiger partial charge in [-0.15, -0.1) is 15.3 Å². The zero-order valence-electron chi connectivity index (χ0n) is 18.6. The Morgan fingerprint density at radius 2 is 1.68 bits per heavy atom. The second-order valence-electron chi connectivity index (χ2n) is 7.53. The summed E-state index contributed by atoms with van der Waals surface area (Å²) in [7, 11) is 0. The van der Waals surface area contributed by atoms with Crippen LogP contribution in [0.5, 0.6) is 0 Å². The molecule has 0 atom stereocenters. The van der Waals surface area contributed by atoms with E-state index in [4.69, 9.17) is 5.73 Å². The number of carbonyl (C=O) groups is 3. The topological polar surface area (TPSA) is 166 Å². The molecule has 0 fully saturated rings. The summed E-state index contributed by atoms with van der Waals surface area (Å²) < 4.78 is 0. The van der Waals surface area contributed by atoms with E-state index < -0.39 is 5.91 Å². The minimum Gasteiger partial charge on any atom is -0.370 e. The van der Waals surface area contributed by atoms with Crippen molar-refractivity contribution in [3.8, 4) is 0 Å². The molecular weight excluding hydrogens is 456 g/mol. The standard InChI is InChI=1S/C22H26N8O3S/c23-17(31)8-5-9-19(32)25-18-12-11-15(27-28-18)6-1-2-10-21-29-30-22(34-21)26-20(33)14-16-7-3-4-13-24-16/h3-4,7,11-13H,1-2,5-6,8-10,14H2,(H2,23,31)(H,25,28,32)(H,26,30,33). The van der Waals surface area contributed by atoms with Crippen molar-refractivity contribution in [1.82, 2.24) is 25.4 Å². The molecule has 0 spiro atoms. The van der Waals surface area contributed by atoms with Crippen LogP contribution in [0.25, 0.3) is 0 Å². The Hall–Kier alpha value is -3.80. The number of amides is 3. The molecule has 3 rings (SSSR count). The number of carbonyl (C=O) groups excluding carboxylic acids is 3. The van der Waals surface area contributed by atoms with E-state index in [0.29, 0.717) is 23.1 Å². The van der Waals surface area contributed by atoms with Gasteiger partial charge in [0.2, 0.25) is 22.9 Å². The van der Waals surface area contributed by atoms with E-state index in [0.717, 1.165) is 36.4 Å². The van der Waals surface area contributed by atoms with Crippen LogP contribution in [0, 0.1) is 0 Å². The van der Waals surface area contributed by atoms with Gasteiger partial charge in [0.1, 0.15) is 5.01 Å². The summed E-state index contributed by atoms with van der Waals surface area (Å²) in [6, 6.07) is 8.98. The second-order valence-corrected chi connectivity index (χ2v) is 8.59. The van der Waals surface area contributed by atoms with E-state index in [1.54, 1.807) is 24.4 Å². The molecule has 4 N–H and O–H groups in total. The smallest absolute Gasteiger partial charge is 0.232 e. The summed E-state index contributed by atoms with van der Waals surface area (Å²) in [6.45, 7) is 0. The first-order chi connectivity index (χ1) is 16.5. The minimum absolute atomic E-state index is 0.176. The van der Waals surface area contributed by atoms with Crippen LogP contribution >= 0.6 is 11.3 Å². The number of aromatic nitrogens is 5. The van der Waals surface area contributed by atoms with Crippen molar-refractivity contribution < 1.29 is 14.4 Å². The van der Waals surface area contributed by atoms with Gasteiger partial charge in [-0.3, -0.25) is 19.4 Å². The van der Waals surface area contributed by atoms with Crippen LogP contribution in [0.15, 0.2) is 36.5 Å². The number of unbranched alkanes of at least 4 members (excludes halogenated alkanes) is 1. The van der Waals surface area contributed by atoms with E-state index in [1.165, 1.54) is 11.3 Å². The summed E-state index contributed by atoms with van der Waals surface area (Å²) in [5.74, 6) is -0.455. The molecule has 0 aromatic carbocycles. The molecule has 0 saturated carbocycles. The van der Waals surface area contributed by atoms with E-state index >= 15 is 0 Å². The number of primary amides is 1. The lowest BCUT2D eigenvalue weighted by Crippen LogP contribution is -2.15. The van der Waals surface area contributed by atoms with Crippen molar-refractivity contribution in [2.45, 2.75) is 51.4 Å². The van der Waals surface area contributed by atoms with E-state index in [2.05, 4.69) is 36.0 Å². The van der Waals surface area contributed by atoms with Gasteiger partial charge >= 0.3 is 0 Å². The Labute approximate surface area is 200 Å². The average molecular weight is 483 g/mol. The summed E-state index contributed by atoms with van der Waals surface area (Å²) in [4.78, 5) is 38.7. The first kappa shape index (κ1) is 24.8. The molecule has 12 heteroatoms. The van der Waals surface area contributed by atoms with Crippen LogP contribution in [-0.4, -0.2) is 43.1 Å². The van der Waals surface area contributed by atoms with Crippen LogP contribution in [0.2, 0.25) is 0 Å². The van der Waals surface area contributed by atoms with Crippen LogP contribution in [-0.2, 0) is 33.6 Å². The molecule has 3 aromatic heterocycles. The number of hydrogen-bond acceptors (Lipinski definition) is 9. The molecule has 0 aliphatic heterocycles. The molecule has 3 aromatic rings. The van der Waals surface area contributed by atoms with Crippen molar-refractivity contribution in [3.05, 3.63) is 52.9 Å². The van der Waals surface area contributed by atoms with Crippen LogP contribution in [0.4, 0.5) is 10.9 Å². The van der Waals surface area contributed by atoms with Crippen LogP contribution < -0.4 is 16.4 Å². The Bertz CT molecular complexity index is 1090. The maximum atomic E-state index is 12.1. The number of nitrogens with two attached hydrogens (primary N) is 1. The first-order valence-corrected chi connectivity index (χ1v) is 11.7. The lowest BCUT2D eigenvalue weighted by molar-refractivity contribution is -0.119. The van der Waals surface area contributed by atoms with Gasteiger partial charge in [0.05, 0.1) is 12.1 Å². The molecule has 0 radical (unpaired) electrons. The van der Waals surface area contributed by atoms with Crippen molar-refractivity contribution in [1.29, 1.82) is 0 Å². The fourth-order valence-corrected chi connectivity index (χ4v) is 3.80. The predicted octanol–water partition coefficient (Wildman–Crippen LogP) is 2.06. The maximum absolute atomic E-state index is 12.1. The number of pyridine rings is 1. The van der Waals surface area contributed by atoms with E-state index in [1.807, 2.05) is 12.1 Å². The third-order valence-corrected chi connectivity index (χ3v) is 5.57. The number of aryl methyl sites for hydroxylation is 2. The van der Waals surface area contributed by atoms with Crippen LogP contribution in [0.1, 0.15) is 48.5 Å². The minimum atomic E-state index is -0.424. The van der Waals surface area contributed by atoms with Gasteiger partial charge in [0, 0.05) is 31.2 Å². The van der Waals surface area contributed by atoms with E-state index in [9.17, 15) is 14.4 Å². The molecule has 0 aliphatic rings. The number of rotatable bonds is 13. The Morgan fingerprint density at radius 1 is 0.824 bits per heavy atom. The highest BCUT2D eigenvalue weighted by atomic mass is 32.1. The van der Waals surface area contributed by atoms with Crippen LogP contribution in [0.3, 0.4) is 0 Å². The highest BCUT2D eigenvalue weighted by Gasteiger charge is 2.10. The summed E-state index contributed by atoms with van der Waals surface area (Å²) >= 11 is 1.36. The van der Waals surface area contributed by atoms with Gasteiger partial charge in [-0.25, -0.2) is 0 Å². The third-order valence-electron chi connectivity index (χ3n) is 4.67. The first-order valence-electron chi connectivity index (χ1n) is 10.9. The molecule has 34 heavy (non-hydrogen) atoms. The highest BCUT2D eigenvalue weighted by molar-refractivity contribution is 7.15. The number of nitrogens with zero attached hydrogens (tertiary/aromatic N) is 5. The summed E-state index contributed by atoms with van der Waals surface area (Å²) in [5, 5.41) is 23.1. The molecule has 178 valence electrons. The molecule has 0 aliphatic carbocycles. The van der Waals surface area contributed by atoms with Gasteiger partial charge in [0.15, 0.2) is 5.82 Å². The number of anilines is 2. The number of hydrogen-bond donors (Lipinski definition) is 3. The van der Waals surface area contributed by atoms with E-state index in [-0.39, 0.29) is 31.1 Å². The lowest BCUT2D eigenvalue weighted by atomic mass is 10.1. The van der Waals surface area contributed by atoms with Crippen molar-refractivity contribution >= 4 is 40.0 Å². The predicted molar refractivity (Wildman–Crippen MR) is 127 cm³/mol. The second kappa shape index (κ2) is 13.0. The molecule has 3 amide bonds. The zero-order valence-corrected chi connectivity index (χ0v) is 19.4. The quantitative estimate of drug-likeness (QED) is 0.311. The van der Waals surface area contributed by atoms with Crippen molar-refractivity contribution in [2.75, 3.05) is 10.6 Å². The summed E-state index contributed by atoms with van der Waals surface area (Å²) in [5.41, 5.74) is 6.58. The average Bonchev–Trinajstić information content (AvgIpc) is 3.25. The van der Waals surface area contributed by atoms with Crippen molar-refractivity contribution in [3.63, 3.8) is 0 Å². The fraction of sp³-hybridized carbons (Fsp3) is 0.364. The van der Waals surface area contributed by atoms with Gasteiger partial charge in [-0.1, -0.05) is 17.4 Å². The van der Waals surface area contributed by atoms with Crippen molar-refractivity contribution in [2.24, 2.45) is 5.73 Å². The SMILES string of the molecule is NC(=O)CCCC(=O)Nc1ccc(CCCCc2nnc(NC(=O)Cc3ccccn3)s2)nn1. The third kappa shape index (κ3) is 8.98. The molecule has 3 heterocycles. The Morgan fingerprint density at radius 3 is 2.41 bits per heavy atom. The van der Waals surface area contributed by atoms with Gasteiger partial charge < -0.3 is 16.4 Å². The van der Waals surface area contributed by atoms with Gasteiger partial charge in [0.25, 0.3) is 0 Å². The van der Waals surface area contributed by atoms with Gasteiger partial charge in [-0.2, -0.15) is 5.10 Å². The number of nitrogens with one attached hydrogen (secondary N) is 2. The molecule has 0 unspecified atom stereocenters. The normalized spacial score (nSPS) is 10.6. The molecule has 0 saturated heterocycles. The summed E-state index contributed by atoms with van der Waals surface area (Å²) in [6.07, 6.45) is 5.89. The molecule has 0 bridgehead atoms. The monoisotopic (exact) mass is 482 g/mol. The maximum Gasteiger partial charge on any atom is 0.232 e.